The normalized spacial score (nSPS) is 11.0. The zero-order valence-electron chi connectivity index (χ0n) is 16.1. The van der Waals surface area contributed by atoms with Crippen molar-refractivity contribution < 1.29 is 15.0 Å². The molecule has 0 aliphatic carbocycles. The summed E-state index contributed by atoms with van der Waals surface area (Å²) in [5.74, 6) is -1.07. The molecule has 4 rings (SSSR count). The van der Waals surface area contributed by atoms with Gasteiger partial charge in [-0.25, -0.2) is 10.1 Å². The maximum Gasteiger partial charge on any atom is 0.275 e. The summed E-state index contributed by atoms with van der Waals surface area (Å²) in [4.78, 5) is 12.3. The SMILES string of the molecule is O=C(N/N=C/c1cn(-c2ccccc2)nc1-c1ccc(Br)cc1)c1ccc(O)cc1O. The predicted octanol–water partition coefficient (Wildman–Crippen LogP) is 4.48. The molecule has 0 fully saturated rings. The van der Waals surface area contributed by atoms with E-state index in [9.17, 15) is 15.0 Å². The van der Waals surface area contributed by atoms with E-state index in [4.69, 9.17) is 0 Å². The number of halogens is 1. The van der Waals surface area contributed by atoms with Crippen LogP contribution in [0.4, 0.5) is 0 Å². The molecule has 1 heterocycles. The lowest BCUT2D eigenvalue weighted by molar-refractivity contribution is 0.0952. The zero-order chi connectivity index (χ0) is 21.8. The summed E-state index contributed by atoms with van der Waals surface area (Å²) in [5, 5.41) is 27.9. The molecule has 3 aromatic carbocycles. The van der Waals surface area contributed by atoms with Gasteiger partial charge >= 0.3 is 0 Å². The number of amides is 1. The summed E-state index contributed by atoms with van der Waals surface area (Å²) in [7, 11) is 0. The Morgan fingerprint density at radius 3 is 2.48 bits per heavy atom. The Hall–Kier alpha value is -3.91. The van der Waals surface area contributed by atoms with Gasteiger partial charge in [0.25, 0.3) is 5.91 Å². The average molecular weight is 477 g/mol. The van der Waals surface area contributed by atoms with Gasteiger partial charge in [-0.3, -0.25) is 4.79 Å². The molecule has 0 spiro atoms. The molecule has 4 aromatic rings. The number of para-hydroxylation sites is 1. The summed E-state index contributed by atoms with van der Waals surface area (Å²) < 4.78 is 2.70. The van der Waals surface area contributed by atoms with Gasteiger partial charge in [0.15, 0.2) is 0 Å². The van der Waals surface area contributed by atoms with Crippen LogP contribution in [0.15, 0.2) is 88.6 Å². The Balaban J connectivity index is 1.63. The van der Waals surface area contributed by atoms with E-state index in [0.29, 0.717) is 11.3 Å². The smallest absolute Gasteiger partial charge is 0.275 e. The Morgan fingerprint density at radius 2 is 1.77 bits per heavy atom. The molecule has 7 nitrogen and oxygen atoms in total. The van der Waals surface area contributed by atoms with Gasteiger partial charge in [0.2, 0.25) is 0 Å². The Bertz CT molecular complexity index is 1250. The standard InChI is InChI=1S/C23H17BrN4O3/c24-17-8-6-15(7-9-17)22-16(14-28(27-22)18-4-2-1-3-5-18)13-25-26-23(31)20-11-10-19(29)12-21(20)30/h1-14,29-30H,(H,26,31)/b25-13+. The fourth-order valence-corrected chi connectivity index (χ4v) is 3.22. The minimum Gasteiger partial charge on any atom is -0.508 e. The van der Waals surface area contributed by atoms with Crippen molar-refractivity contribution in [2.24, 2.45) is 5.10 Å². The molecule has 0 aliphatic heterocycles. The molecule has 31 heavy (non-hydrogen) atoms. The summed E-state index contributed by atoms with van der Waals surface area (Å²) in [6, 6.07) is 21.1. The van der Waals surface area contributed by atoms with Crippen molar-refractivity contribution >= 4 is 28.1 Å². The van der Waals surface area contributed by atoms with E-state index in [1.807, 2.05) is 60.8 Å². The third-order valence-corrected chi connectivity index (χ3v) is 5.01. The van der Waals surface area contributed by atoms with Gasteiger partial charge in [-0.1, -0.05) is 46.3 Å². The summed E-state index contributed by atoms with van der Waals surface area (Å²) in [5.41, 5.74) is 5.56. The lowest BCUT2D eigenvalue weighted by Crippen LogP contribution is -2.17. The summed E-state index contributed by atoms with van der Waals surface area (Å²) in [6.45, 7) is 0. The number of rotatable bonds is 5. The number of phenols is 2. The van der Waals surface area contributed by atoms with Gasteiger partial charge < -0.3 is 10.2 Å². The van der Waals surface area contributed by atoms with E-state index in [1.165, 1.54) is 18.3 Å². The van der Waals surface area contributed by atoms with Gasteiger partial charge in [-0.05, 0) is 36.4 Å². The molecule has 0 saturated heterocycles. The molecule has 0 aliphatic rings. The minimum absolute atomic E-state index is 0.00284. The average Bonchev–Trinajstić information content (AvgIpc) is 3.19. The minimum atomic E-state index is -0.602. The van der Waals surface area contributed by atoms with Gasteiger partial charge in [-0.15, -0.1) is 0 Å². The predicted molar refractivity (Wildman–Crippen MR) is 122 cm³/mol. The van der Waals surface area contributed by atoms with E-state index >= 15 is 0 Å². The molecule has 0 atom stereocenters. The van der Waals surface area contributed by atoms with Crippen molar-refractivity contribution in [1.82, 2.24) is 15.2 Å². The lowest BCUT2D eigenvalue weighted by atomic mass is 10.1. The Morgan fingerprint density at radius 1 is 1.03 bits per heavy atom. The first-order valence-corrected chi connectivity index (χ1v) is 10.1. The summed E-state index contributed by atoms with van der Waals surface area (Å²) in [6.07, 6.45) is 3.32. The molecule has 3 N–H and O–H groups in total. The van der Waals surface area contributed by atoms with Crippen LogP contribution in [0.1, 0.15) is 15.9 Å². The second-order valence-corrected chi connectivity index (χ2v) is 7.54. The van der Waals surface area contributed by atoms with Crippen LogP contribution in [0.25, 0.3) is 16.9 Å². The highest BCUT2D eigenvalue weighted by atomic mass is 79.9. The summed E-state index contributed by atoms with van der Waals surface area (Å²) >= 11 is 3.43. The number of hydrogen-bond donors (Lipinski definition) is 3. The van der Waals surface area contributed by atoms with E-state index < -0.39 is 5.91 Å². The van der Waals surface area contributed by atoms with Crippen LogP contribution in [-0.4, -0.2) is 32.1 Å². The van der Waals surface area contributed by atoms with Crippen LogP contribution in [0.5, 0.6) is 11.5 Å². The van der Waals surface area contributed by atoms with Crippen LogP contribution in [-0.2, 0) is 0 Å². The van der Waals surface area contributed by atoms with E-state index in [0.717, 1.165) is 21.8 Å². The first-order valence-electron chi connectivity index (χ1n) is 9.27. The number of benzene rings is 3. The van der Waals surface area contributed by atoms with Crippen LogP contribution in [0.2, 0.25) is 0 Å². The Kier molecular flexibility index (Phi) is 5.81. The number of aromatic hydroxyl groups is 2. The van der Waals surface area contributed by atoms with Crippen molar-refractivity contribution in [2.45, 2.75) is 0 Å². The highest BCUT2D eigenvalue weighted by Gasteiger charge is 2.13. The van der Waals surface area contributed by atoms with Crippen LogP contribution in [0, 0.1) is 0 Å². The third-order valence-electron chi connectivity index (χ3n) is 4.48. The molecular formula is C23H17BrN4O3. The number of carbonyl (C=O) groups is 1. The van der Waals surface area contributed by atoms with Crippen molar-refractivity contribution in [3.63, 3.8) is 0 Å². The van der Waals surface area contributed by atoms with E-state index in [2.05, 4.69) is 31.6 Å². The van der Waals surface area contributed by atoms with Gasteiger partial charge in [0.05, 0.1) is 17.5 Å². The largest absolute Gasteiger partial charge is 0.508 e. The second kappa shape index (κ2) is 8.85. The monoisotopic (exact) mass is 476 g/mol. The van der Waals surface area contributed by atoms with Crippen molar-refractivity contribution in [3.05, 3.63) is 94.6 Å². The van der Waals surface area contributed by atoms with Crippen molar-refractivity contribution in [3.8, 4) is 28.4 Å². The quantitative estimate of drug-likeness (QED) is 0.292. The topological polar surface area (TPSA) is 99.7 Å². The third kappa shape index (κ3) is 4.65. The van der Waals surface area contributed by atoms with Crippen LogP contribution >= 0.6 is 15.9 Å². The van der Waals surface area contributed by atoms with E-state index in [-0.39, 0.29) is 17.1 Å². The molecule has 8 heteroatoms. The molecule has 0 saturated carbocycles. The fourth-order valence-electron chi connectivity index (χ4n) is 2.96. The maximum absolute atomic E-state index is 12.3. The van der Waals surface area contributed by atoms with Gasteiger partial charge in [0, 0.05) is 27.9 Å². The number of hydrazone groups is 1. The van der Waals surface area contributed by atoms with Crippen molar-refractivity contribution in [1.29, 1.82) is 0 Å². The number of aromatic nitrogens is 2. The van der Waals surface area contributed by atoms with E-state index in [1.54, 1.807) is 4.68 Å². The highest BCUT2D eigenvalue weighted by molar-refractivity contribution is 9.10. The Labute approximate surface area is 186 Å². The second-order valence-electron chi connectivity index (χ2n) is 6.62. The zero-order valence-corrected chi connectivity index (χ0v) is 17.7. The molecule has 1 amide bonds. The van der Waals surface area contributed by atoms with Gasteiger partial charge in [0.1, 0.15) is 17.2 Å². The van der Waals surface area contributed by atoms with Crippen LogP contribution < -0.4 is 5.43 Å². The number of carbonyl (C=O) groups excluding carboxylic acids is 1. The number of nitrogens with one attached hydrogen (secondary N) is 1. The number of phenolic OH excluding ortho intramolecular Hbond substituents is 2. The van der Waals surface area contributed by atoms with Crippen molar-refractivity contribution in [2.75, 3.05) is 0 Å². The molecule has 1 aromatic heterocycles. The number of hydrogen-bond acceptors (Lipinski definition) is 5. The van der Waals surface area contributed by atoms with Gasteiger partial charge in [-0.2, -0.15) is 10.2 Å². The number of nitrogens with zero attached hydrogens (tertiary/aromatic N) is 3. The molecule has 0 bridgehead atoms. The fraction of sp³-hybridized carbons (Fsp3) is 0. The molecular weight excluding hydrogens is 460 g/mol. The first-order chi connectivity index (χ1) is 15.0. The highest BCUT2D eigenvalue weighted by Crippen LogP contribution is 2.25. The molecule has 0 radical (unpaired) electrons. The first kappa shape index (κ1) is 20.4. The molecule has 0 unspecified atom stereocenters. The van der Waals surface area contributed by atoms with Crippen LogP contribution in [0.3, 0.4) is 0 Å². The maximum atomic E-state index is 12.3. The molecule has 154 valence electrons. The lowest BCUT2D eigenvalue weighted by Gasteiger charge is -2.03.